The highest BCUT2D eigenvalue weighted by Crippen LogP contribution is 2.37. The van der Waals surface area contributed by atoms with Crippen LogP contribution in [-0.4, -0.2) is 36.1 Å². The Morgan fingerprint density at radius 3 is 2.52 bits per heavy atom. The molecule has 6 nitrogen and oxygen atoms in total. The lowest BCUT2D eigenvalue weighted by Gasteiger charge is -2.20. The molecule has 29 heavy (non-hydrogen) atoms. The van der Waals surface area contributed by atoms with E-state index in [2.05, 4.69) is 33.9 Å². The molecule has 160 valence electrons. The summed E-state index contributed by atoms with van der Waals surface area (Å²) < 4.78 is 42.3. The zero-order valence-electron chi connectivity index (χ0n) is 17.4. The van der Waals surface area contributed by atoms with Crippen molar-refractivity contribution in [2.24, 2.45) is 0 Å². The first-order chi connectivity index (χ1) is 13.7. The van der Waals surface area contributed by atoms with Crippen molar-refractivity contribution in [2.45, 2.75) is 52.0 Å². The summed E-state index contributed by atoms with van der Waals surface area (Å²) in [6, 6.07) is 4.45. The van der Waals surface area contributed by atoms with Gasteiger partial charge in [-0.15, -0.1) is 0 Å². The Labute approximate surface area is 172 Å². The van der Waals surface area contributed by atoms with Crippen molar-refractivity contribution in [1.82, 2.24) is 9.97 Å². The van der Waals surface area contributed by atoms with Gasteiger partial charge in [-0.3, -0.25) is 0 Å². The molecule has 0 bridgehead atoms. The number of nitrogens with zero attached hydrogens (tertiary/aromatic N) is 2. The molecule has 1 heterocycles. The molecule has 2 aromatic rings. The molecule has 1 aromatic carbocycles. The smallest absolute Gasteiger partial charge is 0.408 e. The standard InChI is InChI=1S/C20H28F2N3O3P/c1-6-8-13(7-2)27-19-18(23-4)25-17(12(3)24-19)15-10-9-14(11-16(15)26-5)28-20(21,22)29/h9-11,13H,6-8,29H2,1-5H3,(H,23,25). The van der Waals surface area contributed by atoms with Crippen LogP contribution in [0, 0.1) is 6.92 Å². The van der Waals surface area contributed by atoms with Crippen molar-refractivity contribution in [3.63, 3.8) is 0 Å². The van der Waals surface area contributed by atoms with E-state index in [0.717, 1.165) is 19.3 Å². The number of benzene rings is 1. The van der Waals surface area contributed by atoms with Crippen LogP contribution in [0.3, 0.4) is 0 Å². The number of alkyl halides is 2. The summed E-state index contributed by atoms with van der Waals surface area (Å²) in [7, 11) is 4.54. The molecular formula is C20H28F2N3O3P. The lowest BCUT2D eigenvalue weighted by molar-refractivity contribution is -0.0892. The summed E-state index contributed by atoms with van der Waals surface area (Å²) in [5, 5.41) is 3.02. The number of aryl methyl sites for hydroxylation is 1. The third kappa shape index (κ3) is 6.13. The van der Waals surface area contributed by atoms with Crippen LogP contribution in [0.15, 0.2) is 18.2 Å². The highest BCUT2D eigenvalue weighted by atomic mass is 31.0. The van der Waals surface area contributed by atoms with E-state index in [4.69, 9.17) is 9.47 Å². The SMILES string of the molecule is CCCC(CC)Oc1nc(C)c(-c2ccc(OC(F)(F)P)cc2OC)nc1NC. The van der Waals surface area contributed by atoms with Gasteiger partial charge < -0.3 is 19.5 Å². The van der Waals surface area contributed by atoms with Crippen LogP contribution >= 0.6 is 9.24 Å². The molecule has 0 radical (unpaired) electrons. The first-order valence-corrected chi connectivity index (χ1v) is 10.1. The molecule has 0 saturated carbocycles. The lowest BCUT2D eigenvalue weighted by Crippen LogP contribution is -2.17. The molecule has 0 amide bonds. The van der Waals surface area contributed by atoms with Crippen molar-refractivity contribution in [1.29, 1.82) is 0 Å². The Hall–Kier alpha value is -2.21. The molecular weight excluding hydrogens is 399 g/mol. The Balaban J connectivity index is 2.44. The largest absolute Gasteiger partial charge is 0.496 e. The number of halogens is 2. The predicted octanol–water partition coefficient (Wildman–Crippen LogP) is 5.26. The second-order valence-electron chi connectivity index (χ2n) is 6.52. The third-order valence-electron chi connectivity index (χ3n) is 4.30. The average Bonchev–Trinajstić information content (AvgIpc) is 2.66. The van der Waals surface area contributed by atoms with Gasteiger partial charge in [0.2, 0.25) is 0 Å². The second-order valence-corrected chi connectivity index (χ2v) is 7.20. The van der Waals surface area contributed by atoms with E-state index in [1.54, 1.807) is 13.1 Å². The summed E-state index contributed by atoms with van der Waals surface area (Å²) >= 11 is 0. The quantitative estimate of drug-likeness (QED) is 0.522. The molecule has 1 aromatic heterocycles. The van der Waals surface area contributed by atoms with E-state index in [0.29, 0.717) is 34.4 Å². The maximum Gasteiger partial charge on any atom is 0.408 e. The number of anilines is 1. The number of rotatable bonds is 10. The van der Waals surface area contributed by atoms with Gasteiger partial charge in [0.1, 0.15) is 17.6 Å². The minimum Gasteiger partial charge on any atom is -0.496 e. The maximum absolute atomic E-state index is 13.1. The van der Waals surface area contributed by atoms with Gasteiger partial charge in [0.05, 0.1) is 18.5 Å². The van der Waals surface area contributed by atoms with Crippen LogP contribution in [0.4, 0.5) is 14.6 Å². The van der Waals surface area contributed by atoms with Gasteiger partial charge in [0, 0.05) is 18.7 Å². The maximum atomic E-state index is 13.1. The predicted molar refractivity (Wildman–Crippen MR) is 113 cm³/mol. The highest BCUT2D eigenvalue weighted by Gasteiger charge is 2.25. The fourth-order valence-electron chi connectivity index (χ4n) is 2.91. The van der Waals surface area contributed by atoms with Gasteiger partial charge in [-0.1, -0.05) is 20.3 Å². The molecule has 2 unspecified atom stereocenters. The van der Waals surface area contributed by atoms with E-state index >= 15 is 0 Å². The van der Waals surface area contributed by atoms with Crippen LogP contribution in [0.1, 0.15) is 38.8 Å². The van der Waals surface area contributed by atoms with Crippen LogP contribution < -0.4 is 19.5 Å². The third-order valence-corrected chi connectivity index (χ3v) is 4.42. The molecule has 1 N–H and O–H groups in total. The molecule has 2 atom stereocenters. The Bertz CT molecular complexity index is 831. The van der Waals surface area contributed by atoms with Crippen molar-refractivity contribution in [2.75, 3.05) is 19.5 Å². The molecule has 0 aliphatic heterocycles. The molecule has 0 spiro atoms. The summed E-state index contributed by atoms with van der Waals surface area (Å²) in [4.78, 5) is 9.24. The fraction of sp³-hybridized carbons (Fsp3) is 0.500. The average molecular weight is 427 g/mol. The van der Waals surface area contributed by atoms with Gasteiger partial charge in [-0.25, -0.2) is 9.97 Å². The van der Waals surface area contributed by atoms with E-state index in [1.807, 2.05) is 6.92 Å². The van der Waals surface area contributed by atoms with E-state index < -0.39 is 5.85 Å². The molecule has 0 aliphatic carbocycles. The zero-order chi connectivity index (χ0) is 21.6. The van der Waals surface area contributed by atoms with Crippen molar-refractivity contribution in [3.8, 4) is 28.6 Å². The first-order valence-electron chi connectivity index (χ1n) is 9.49. The monoisotopic (exact) mass is 427 g/mol. The number of aromatic nitrogens is 2. The van der Waals surface area contributed by atoms with Gasteiger partial charge >= 0.3 is 5.85 Å². The summed E-state index contributed by atoms with van der Waals surface area (Å²) in [5.74, 6) is -2.10. The first kappa shape index (κ1) is 23.1. The number of hydrogen-bond acceptors (Lipinski definition) is 6. The minimum absolute atomic E-state index is 0.0182. The number of methoxy groups -OCH3 is 1. The molecule has 0 aliphatic rings. The van der Waals surface area contributed by atoms with Crippen molar-refractivity contribution < 1.29 is 23.0 Å². The Morgan fingerprint density at radius 1 is 1.24 bits per heavy atom. The minimum atomic E-state index is -3.37. The van der Waals surface area contributed by atoms with E-state index in [-0.39, 0.29) is 11.9 Å². The van der Waals surface area contributed by atoms with E-state index in [9.17, 15) is 8.78 Å². The number of hydrogen-bond donors (Lipinski definition) is 1. The topological polar surface area (TPSA) is 65.5 Å². The van der Waals surface area contributed by atoms with Crippen molar-refractivity contribution in [3.05, 3.63) is 23.9 Å². The molecule has 2 rings (SSSR count). The Kier molecular flexibility index (Phi) is 7.96. The van der Waals surface area contributed by atoms with Crippen LogP contribution in [0.5, 0.6) is 17.4 Å². The number of ether oxygens (including phenoxy) is 3. The van der Waals surface area contributed by atoms with Gasteiger partial charge in [0.25, 0.3) is 5.88 Å². The summed E-state index contributed by atoms with van der Waals surface area (Å²) in [6.45, 7) is 5.99. The molecule has 0 fully saturated rings. The molecule has 0 saturated heterocycles. The van der Waals surface area contributed by atoms with E-state index in [1.165, 1.54) is 28.5 Å². The van der Waals surface area contributed by atoms with Gasteiger partial charge in [-0.05, 0) is 41.1 Å². The van der Waals surface area contributed by atoms with Gasteiger partial charge in [0.15, 0.2) is 5.82 Å². The van der Waals surface area contributed by atoms with Gasteiger partial charge in [-0.2, -0.15) is 8.78 Å². The fourth-order valence-corrected chi connectivity index (χ4v) is 3.05. The Morgan fingerprint density at radius 2 is 1.97 bits per heavy atom. The normalized spacial score (nSPS) is 12.4. The van der Waals surface area contributed by atoms with Crippen LogP contribution in [-0.2, 0) is 0 Å². The zero-order valence-corrected chi connectivity index (χ0v) is 18.5. The summed E-state index contributed by atoms with van der Waals surface area (Å²) in [5.41, 5.74) is 1.81. The van der Waals surface area contributed by atoms with Crippen molar-refractivity contribution >= 4 is 15.1 Å². The summed E-state index contributed by atoms with van der Waals surface area (Å²) in [6.07, 6.45) is 2.87. The number of nitrogens with one attached hydrogen (secondary N) is 1. The van der Waals surface area contributed by atoms with Crippen LogP contribution in [0.2, 0.25) is 0 Å². The second kappa shape index (κ2) is 10.0. The molecule has 9 heteroatoms. The highest BCUT2D eigenvalue weighted by molar-refractivity contribution is 7.17. The van der Waals surface area contributed by atoms with Crippen LogP contribution in [0.25, 0.3) is 11.3 Å². The lowest BCUT2D eigenvalue weighted by atomic mass is 10.1.